The van der Waals surface area contributed by atoms with Crippen molar-refractivity contribution in [3.05, 3.63) is 22.7 Å². The Labute approximate surface area is 90.0 Å². The fourth-order valence-electron chi connectivity index (χ4n) is 1.05. The minimum atomic E-state index is 0.575. The van der Waals surface area contributed by atoms with E-state index in [9.17, 15) is 0 Å². The molecule has 2 rings (SSSR count). The van der Waals surface area contributed by atoms with Crippen LogP contribution in [0.5, 0.6) is 0 Å². The van der Waals surface area contributed by atoms with Crippen molar-refractivity contribution >= 4 is 33.7 Å². The van der Waals surface area contributed by atoms with Gasteiger partial charge in [0.15, 0.2) is 0 Å². The largest absolute Gasteiger partial charge is 0.383 e. The van der Waals surface area contributed by atoms with Gasteiger partial charge in [-0.2, -0.15) is 4.37 Å². The van der Waals surface area contributed by atoms with E-state index in [2.05, 4.69) is 20.1 Å². The molecule has 0 atom stereocenters. The predicted molar refractivity (Wildman–Crippen MR) is 60.8 cm³/mol. The standard InChI is InChI=1S/C8H10N4S2/c9-7-3-8(14-12-7)10-2-1-6-4-13-5-11-6/h3-5,10H,1-2H2,(H2,9,12). The molecular weight excluding hydrogens is 216 g/mol. The van der Waals surface area contributed by atoms with E-state index >= 15 is 0 Å². The van der Waals surface area contributed by atoms with Crippen LogP contribution in [0.3, 0.4) is 0 Å². The Balaban J connectivity index is 1.78. The summed E-state index contributed by atoms with van der Waals surface area (Å²) in [6.45, 7) is 0.866. The van der Waals surface area contributed by atoms with Crippen molar-refractivity contribution in [2.75, 3.05) is 17.6 Å². The second-order valence-electron chi connectivity index (χ2n) is 2.77. The Bertz CT molecular complexity index is 382. The predicted octanol–water partition coefficient (Wildman–Crippen LogP) is 1.84. The van der Waals surface area contributed by atoms with Gasteiger partial charge in [-0.1, -0.05) is 0 Å². The lowest BCUT2D eigenvalue weighted by atomic mass is 10.3. The van der Waals surface area contributed by atoms with Crippen molar-refractivity contribution in [1.29, 1.82) is 0 Å². The molecule has 3 N–H and O–H groups in total. The first-order valence-electron chi connectivity index (χ1n) is 4.18. The number of nitrogen functional groups attached to an aromatic ring is 1. The number of thiazole rings is 1. The maximum absolute atomic E-state index is 5.49. The molecule has 4 nitrogen and oxygen atoms in total. The van der Waals surface area contributed by atoms with E-state index in [-0.39, 0.29) is 0 Å². The maximum Gasteiger partial charge on any atom is 0.139 e. The average Bonchev–Trinajstić information content (AvgIpc) is 2.77. The molecule has 0 radical (unpaired) electrons. The van der Waals surface area contributed by atoms with E-state index in [1.54, 1.807) is 11.3 Å². The Hall–Kier alpha value is -1.14. The Morgan fingerprint density at radius 2 is 2.43 bits per heavy atom. The molecule has 0 aliphatic rings. The smallest absolute Gasteiger partial charge is 0.139 e. The third kappa shape index (κ3) is 2.43. The molecule has 0 bridgehead atoms. The number of hydrogen-bond acceptors (Lipinski definition) is 6. The van der Waals surface area contributed by atoms with Crippen molar-refractivity contribution in [1.82, 2.24) is 9.36 Å². The molecule has 0 amide bonds. The number of rotatable bonds is 4. The molecule has 0 saturated heterocycles. The van der Waals surface area contributed by atoms with Crippen molar-refractivity contribution in [2.45, 2.75) is 6.42 Å². The van der Waals surface area contributed by atoms with Gasteiger partial charge in [0.25, 0.3) is 0 Å². The first-order chi connectivity index (χ1) is 6.84. The molecule has 2 heterocycles. The molecule has 2 aromatic heterocycles. The molecule has 74 valence electrons. The van der Waals surface area contributed by atoms with Crippen LogP contribution in [0.4, 0.5) is 10.8 Å². The fraction of sp³-hybridized carbons (Fsp3) is 0.250. The van der Waals surface area contributed by atoms with Gasteiger partial charge in [-0.05, 0) is 11.5 Å². The quantitative estimate of drug-likeness (QED) is 0.835. The molecule has 0 spiro atoms. The minimum absolute atomic E-state index is 0.575. The van der Waals surface area contributed by atoms with Crippen LogP contribution in [0.15, 0.2) is 17.0 Å². The Morgan fingerprint density at radius 3 is 3.07 bits per heavy atom. The third-order valence-electron chi connectivity index (χ3n) is 1.69. The van der Waals surface area contributed by atoms with E-state index in [1.807, 2.05) is 11.6 Å². The number of nitrogens with zero attached hydrogens (tertiary/aromatic N) is 2. The molecule has 0 aromatic carbocycles. The van der Waals surface area contributed by atoms with Gasteiger partial charge in [0.1, 0.15) is 10.8 Å². The van der Waals surface area contributed by atoms with Gasteiger partial charge < -0.3 is 11.1 Å². The molecule has 0 aliphatic carbocycles. The molecule has 0 unspecified atom stereocenters. The van der Waals surface area contributed by atoms with Gasteiger partial charge in [0.05, 0.1) is 11.2 Å². The summed E-state index contributed by atoms with van der Waals surface area (Å²) >= 11 is 3.00. The highest BCUT2D eigenvalue weighted by Crippen LogP contribution is 2.17. The van der Waals surface area contributed by atoms with E-state index in [4.69, 9.17) is 5.73 Å². The molecule has 0 saturated carbocycles. The zero-order valence-electron chi connectivity index (χ0n) is 7.43. The van der Waals surface area contributed by atoms with Gasteiger partial charge in [-0.3, -0.25) is 0 Å². The van der Waals surface area contributed by atoms with E-state index < -0.39 is 0 Å². The summed E-state index contributed by atoms with van der Waals surface area (Å²) in [5.41, 5.74) is 8.47. The number of nitrogens with two attached hydrogens (primary N) is 1. The molecule has 0 fully saturated rings. The lowest BCUT2D eigenvalue weighted by Gasteiger charge is -1.99. The lowest BCUT2D eigenvalue weighted by Crippen LogP contribution is -2.03. The van der Waals surface area contributed by atoms with E-state index in [0.29, 0.717) is 5.82 Å². The minimum Gasteiger partial charge on any atom is -0.383 e. The summed E-state index contributed by atoms with van der Waals surface area (Å²) in [5.74, 6) is 0.575. The van der Waals surface area contributed by atoms with Gasteiger partial charge in [0.2, 0.25) is 0 Å². The van der Waals surface area contributed by atoms with Crippen LogP contribution in [-0.4, -0.2) is 15.9 Å². The van der Waals surface area contributed by atoms with Crippen LogP contribution in [0, 0.1) is 0 Å². The summed E-state index contributed by atoms with van der Waals surface area (Å²) < 4.78 is 3.98. The van der Waals surface area contributed by atoms with Crippen molar-refractivity contribution in [2.24, 2.45) is 0 Å². The molecule has 0 aliphatic heterocycles. The fourth-order valence-corrected chi connectivity index (χ4v) is 2.24. The zero-order chi connectivity index (χ0) is 9.80. The first-order valence-corrected chi connectivity index (χ1v) is 5.89. The average molecular weight is 226 g/mol. The third-order valence-corrected chi connectivity index (χ3v) is 3.09. The van der Waals surface area contributed by atoms with Crippen LogP contribution >= 0.6 is 22.9 Å². The Morgan fingerprint density at radius 1 is 1.50 bits per heavy atom. The highest BCUT2D eigenvalue weighted by Gasteiger charge is 1.98. The molecule has 6 heteroatoms. The van der Waals surface area contributed by atoms with Crippen LogP contribution in [0.25, 0.3) is 0 Å². The summed E-state index contributed by atoms with van der Waals surface area (Å²) in [6.07, 6.45) is 0.932. The van der Waals surface area contributed by atoms with Crippen LogP contribution in [-0.2, 0) is 6.42 Å². The highest BCUT2D eigenvalue weighted by atomic mass is 32.1. The van der Waals surface area contributed by atoms with Crippen LogP contribution in [0.2, 0.25) is 0 Å². The SMILES string of the molecule is Nc1cc(NCCc2cscn2)sn1. The molecule has 2 aromatic rings. The second kappa shape index (κ2) is 4.39. The summed E-state index contributed by atoms with van der Waals surface area (Å²) in [6, 6.07) is 1.84. The van der Waals surface area contributed by atoms with E-state index in [1.165, 1.54) is 11.5 Å². The van der Waals surface area contributed by atoms with Crippen molar-refractivity contribution in [3.8, 4) is 0 Å². The summed E-state index contributed by atoms with van der Waals surface area (Å²) in [4.78, 5) is 4.19. The first kappa shape index (κ1) is 9.42. The number of hydrogen-bond donors (Lipinski definition) is 2. The van der Waals surface area contributed by atoms with Gasteiger partial charge >= 0.3 is 0 Å². The topological polar surface area (TPSA) is 63.8 Å². The van der Waals surface area contributed by atoms with Gasteiger partial charge in [-0.25, -0.2) is 4.98 Å². The highest BCUT2D eigenvalue weighted by molar-refractivity contribution is 7.10. The van der Waals surface area contributed by atoms with Gasteiger partial charge in [0, 0.05) is 24.4 Å². The number of nitrogens with one attached hydrogen (secondary N) is 1. The normalized spacial score (nSPS) is 10.3. The lowest BCUT2D eigenvalue weighted by molar-refractivity contribution is 0.981. The summed E-state index contributed by atoms with van der Waals surface area (Å²) in [5, 5.41) is 6.31. The van der Waals surface area contributed by atoms with E-state index in [0.717, 1.165) is 23.7 Å². The van der Waals surface area contributed by atoms with Crippen molar-refractivity contribution in [3.63, 3.8) is 0 Å². The number of aromatic nitrogens is 2. The maximum atomic E-state index is 5.49. The van der Waals surface area contributed by atoms with Crippen LogP contribution < -0.4 is 11.1 Å². The molecular formula is C8H10N4S2. The van der Waals surface area contributed by atoms with Crippen LogP contribution in [0.1, 0.15) is 5.69 Å². The monoisotopic (exact) mass is 226 g/mol. The Kier molecular flexibility index (Phi) is 2.95. The van der Waals surface area contributed by atoms with Crippen molar-refractivity contribution < 1.29 is 0 Å². The second-order valence-corrected chi connectivity index (χ2v) is 4.30. The van der Waals surface area contributed by atoms with Gasteiger partial charge in [-0.15, -0.1) is 11.3 Å². The zero-order valence-corrected chi connectivity index (χ0v) is 9.07. The molecule has 14 heavy (non-hydrogen) atoms. The summed E-state index contributed by atoms with van der Waals surface area (Å²) in [7, 11) is 0. The number of anilines is 2.